The third kappa shape index (κ3) is 1.51. The SMILES string of the molecule is COCC1(COC)OC1C#N. The maximum absolute atomic E-state index is 8.51. The molecule has 0 aromatic heterocycles. The zero-order valence-electron chi connectivity index (χ0n) is 6.66. The van der Waals surface area contributed by atoms with Crippen LogP contribution in [0.2, 0.25) is 0 Å². The largest absolute Gasteiger partial charge is 0.381 e. The topological polar surface area (TPSA) is 54.8 Å². The van der Waals surface area contributed by atoms with Crippen molar-refractivity contribution in [1.29, 1.82) is 5.26 Å². The zero-order valence-corrected chi connectivity index (χ0v) is 6.66. The molecular formula is C7H11NO3. The summed E-state index contributed by atoms with van der Waals surface area (Å²) in [5.74, 6) is 0. The van der Waals surface area contributed by atoms with Crippen LogP contribution in [0.25, 0.3) is 0 Å². The first kappa shape index (κ1) is 8.47. The molecule has 0 aromatic rings. The van der Waals surface area contributed by atoms with Crippen LogP contribution in [0.4, 0.5) is 0 Å². The van der Waals surface area contributed by atoms with E-state index in [0.717, 1.165) is 0 Å². The Labute approximate surface area is 65.7 Å². The minimum absolute atomic E-state index is 0.359. The summed E-state index contributed by atoms with van der Waals surface area (Å²) in [6.45, 7) is 0.831. The molecule has 1 aliphatic heterocycles. The van der Waals surface area contributed by atoms with Gasteiger partial charge in [-0.05, 0) is 0 Å². The van der Waals surface area contributed by atoms with Crippen molar-refractivity contribution in [2.45, 2.75) is 11.7 Å². The van der Waals surface area contributed by atoms with Gasteiger partial charge in [0.1, 0.15) is 0 Å². The molecule has 1 heterocycles. The highest BCUT2D eigenvalue weighted by atomic mass is 16.7. The van der Waals surface area contributed by atoms with Crippen molar-refractivity contribution in [3.05, 3.63) is 0 Å². The molecule has 0 spiro atoms. The normalized spacial score (nSPS) is 26.1. The van der Waals surface area contributed by atoms with Gasteiger partial charge in [-0.1, -0.05) is 0 Å². The van der Waals surface area contributed by atoms with Gasteiger partial charge < -0.3 is 14.2 Å². The smallest absolute Gasteiger partial charge is 0.178 e. The van der Waals surface area contributed by atoms with E-state index in [1.54, 1.807) is 14.2 Å². The maximum atomic E-state index is 8.51. The Morgan fingerprint density at radius 1 is 1.45 bits per heavy atom. The van der Waals surface area contributed by atoms with Crippen molar-refractivity contribution < 1.29 is 14.2 Å². The van der Waals surface area contributed by atoms with Gasteiger partial charge in [-0.25, -0.2) is 0 Å². The van der Waals surface area contributed by atoms with Crippen molar-refractivity contribution in [3.8, 4) is 6.07 Å². The van der Waals surface area contributed by atoms with Gasteiger partial charge in [-0.3, -0.25) is 0 Å². The lowest BCUT2D eigenvalue weighted by Gasteiger charge is -2.07. The summed E-state index contributed by atoms with van der Waals surface area (Å²) in [4.78, 5) is 0. The molecule has 0 aliphatic carbocycles. The fourth-order valence-corrected chi connectivity index (χ4v) is 1.09. The standard InChI is InChI=1S/C7H11NO3/c1-9-4-7(5-10-2)6(3-8)11-7/h6H,4-5H2,1-2H3. The molecule has 0 saturated carbocycles. The third-order valence-corrected chi connectivity index (χ3v) is 1.67. The summed E-state index contributed by atoms with van der Waals surface area (Å²) < 4.78 is 14.9. The highest BCUT2D eigenvalue weighted by Crippen LogP contribution is 2.36. The van der Waals surface area contributed by atoms with Gasteiger partial charge in [0, 0.05) is 14.2 Å². The van der Waals surface area contributed by atoms with E-state index in [2.05, 4.69) is 0 Å². The number of rotatable bonds is 4. The molecule has 0 bridgehead atoms. The monoisotopic (exact) mass is 157 g/mol. The van der Waals surface area contributed by atoms with Crippen molar-refractivity contribution in [1.82, 2.24) is 0 Å². The van der Waals surface area contributed by atoms with Gasteiger partial charge >= 0.3 is 0 Å². The molecule has 62 valence electrons. The molecule has 0 N–H and O–H groups in total. The summed E-state index contributed by atoms with van der Waals surface area (Å²) in [6, 6.07) is 2.02. The summed E-state index contributed by atoms with van der Waals surface area (Å²) >= 11 is 0. The van der Waals surface area contributed by atoms with Gasteiger partial charge in [0.15, 0.2) is 11.7 Å². The minimum Gasteiger partial charge on any atom is -0.381 e. The van der Waals surface area contributed by atoms with Crippen molar-refractivity contribution >= 4 is 0 Å². The van der Waals surface area contributed by atoms with Crippen molar-refractivity contribution in [2.24, 2.45) is 0 Å². The molecule has 1 aliphatic rings. The number of nitriles is 1. The van der Waals surface area contributed by atoms with E-state index in [-0.39, 0.29) is 6.10 Å². The molecule has 0 aromatic carbocycles. The molecule has 1 unspecified atom stereocenters. The summed E-state index contributed by atoms with van der Waals surface area (Å²) in [6.07, 6.45) is -0.359. The van der Waals surface area contributed by atoms with Gasteiger partial charge in [0.05, 0.1) is 19.3 Å². The Hall–Kier alpha value is -0.630. The first-order valence-electron chi connectivity index (χ1n) is 3.34. The number of epoxide rings is 1. The summed E-state index contributed by atoms with van der Waals surface area (Å²) in [7, 11) is 3.15. The maximum Gasteiger partial charge on any atom is 0.178 e. The number of nitrogens with zero attached hydrogens (tertiary/aromatic N) is 1. The number of ether oxygens (including phenoxy) is 3. The van der Waals surface area contributed by atoms with Crippen molar-refractivity contribution in [2.75, 3.05) is 27.4 Å². The Balaban J connectivity index is 2.43. The zero-order chi connectivity index (χ0) is 8.32. The number of methoxy groups -OCH3 is 2. The Morgan fingerprint density at radius 3 is 2.27 bits per heavy atom. The van der Waals surface area contributed by atoms with Crippen LogP contribution in [-0.4, -0.2) is 39.1 Å². The van der Waals surface area contributed by atoms with Crippen LogP contribution in [0.15, 0.2) is 0 Å². The number of hydrogen-bond acceptors (Lipinski definition) is 4. The lowest BCUT2D eigenvalue weighted by Crippen LogP contribution is -2.27. The van der Waals surface area contributed by atoms with Gasteiger partial charge in [0.2, 0.25) is 0 Å². The van der Waals surface area contributed by atoms with E-state index in [4.69, 9.17) is 19.5 Å². The molecule has 4 nitrogen and oxygen atoms in total. The predicted molar refractivity (Wildman–Crippen MR) is 37.0 cm³/mol. The van der Waals surface area contributed by atoms with Crippen LogP contribution in [0, 0.1) is 11.3 Å². The van der Waals surface area contributed by atoms with Gasteiger partial charge in [0.25, 0.3) is 0 Å². The quantitative estimate of drug-likeness (QED) is 0.536. The van der Waals surface area contributed by atoms with Crippen LogP contribution in [0.1, 0.15) is 0 Å². The fourth-order valence-electron chi connectivity index (χ4n) is 1.09. The lowest BCUT2D eigenvalue weighted by molar-refractivity contribution is 0.0573. The average molecular weight is 157 g/mol. The second-order valence-electron chi connectivity index (χ2n) is 2.56. The molecule has 1 saturated heterocycles. The lowest BCUT2D eigenvalue weighted by atomic mass is 10.1. The Kier molecular flexibility index (Phi) is 2.45. The Bertz CT molecular complexity index is 169. The third-order valence-electron chi connectivity index (χ3n) is 1.67. The summed E-state index contributed by atoms with van der Waals surface area (Å²) in [5.41, 5.74) is -0.488. The summed E-state index contributed by atoms with van der Waals surface area (Å²) in [5, 5.41) is 8.51. The minimum atomic E-state index is -0.488. The highest BCUT2D eigenvalue weighted by Gasteiger charge is 2.57. The molecular weight excluding hydrogens is 146 g/mol. The fraction of sp³-hybridized carbons (Fsp3) is 0.857. The van der Waals surface area contributed by atoms with Crippen LogP contribution >= 0.6 is 0 Å². The van der Waals surface area contributed by atoms with E-state index in [1.165, 1.54) is 0 Å². The van der Waals surface area contributed by atoms with Crippen molar-refractivity contribution in [3.63, 3.8) is 0 Å². The second-order valence-corrected chi connectivity index (χ2v) is 2.56. The second kappa shape index (κ2) is 3.18. The first-order chi connectivity index (χ1) is 5.29. The first-order valence-corrected chi connectivity index (χ1v) is 3.34. The molecule has 1 atom stereocenters. The molecule has 0 amide bonds. The Morgan fingerprint density at radius 2 is 2.00 bits per heavy atom. The molecule has 0 radical (unpaired) electrons. The van der Waals surface area contributed by atoms with E-state index >= 15 is 0 Å². The molecule has 1 rings (SSSR count). The predicted octanol–water partition coefficient (Wildman–Crippen LogP) is -0.0596. The van der Waals surface area contributed by atoms with Crippen LogP contribution in [0.5, 0.6) is 0 Å². The van der Waals surface area contributed by atoms with E-state index in [0.29, 0.717) is 13.2 Å². The molecule has 11 heavy (non-hydrogen) atoms. The van der Waals surface area contributed by atoms with E-state index in [9.17, 15) is 0 Å². The average Bonchev–Trinajstić information content (AvgIpc) is 2.65. The van der Waals surface area contributed by atoms with Gasteiger partial charge in [-0.15, -0.1) is 0 Å². The van der Waals surface area contributed by atoms with Crippen LogP contribution in [-0.2, 0) is 14.2 Å². The molecule has 1 fully saturated rings. The van der Waals surface area contributed by atoms with E-state index in [1.807, 2.05) is 6.07 Å². The van der Waals surface area contributed by atoms with Crippen LogP contribution < -0.4 is 0 Å². The number of hydrogen-bond donors (Lipinski definition) is 0. The van der Waals surface area contributed by atoms with Gasteiger partial charge in [-0.2, -0.15) is 5.26 Å². The molecule has 4 heteroatoms. The van der Waals surface area contributed by atoms with Crippen LogP contribution in [0.3, 0.4) is 0 Å². The van der Waals surface area contributed by atoms with E-state index < -0.39 is 5.60 Å². The highest BCUT2D eigenvalue weighted by molar-refractivity contribution is 5.14.